The summed E-state index contributed by atoms with van der Waals surface area (Å²) in [5.41, 5.74) is 2.11. The van der Waals surface area contributed by atoms with Gasteiger partial charge in [0.1, 0.15) is 18.0 Å². The highest BCUT2D eigenvalue weighted by atomic mass is 16.6. The van der Waals surface area contributed by atoms with E-state index in [-0.39, 0.29) is 18.1 Å². The van der Waals surface area contributed by atoms with Gasteiger partial charge in [-0.15, -0.1) is 6.42 Å². The minimum absolute atomic E-state index is 0.0908. The summed E-state index contributed by atoms with van der Waals surface area (Å²) in [5.74, 6) is 3.07. The van der Waals surface area contributed by atoms with E-state index in [2.05, 4.69) is 31.6 Å². The molecule has 0 aliphatic carbocycles. The number of anilines is 1. The Morgan fingerprint density at radius 2 is 2.07 bits per heavy atom. The molecule has 0 amide bonds. The summed E-state index contributed by atoms with van der Waals surface area (Å²) in [7, 11) is 0. The predicted octanol–water partition coefficient (Wildman–Crippen LogP) is 4.73. The lowest BCUT2D eigenvalue weighted by molar-refractivity contribution is -0.154. The lowest BCUT2D eigenvalue weighted by Gasteiger charge is -2.48. The minimum Gasteiger partial charge on any atom is -0.480 e. The van der Waals surface area contributed by atoms with Crippen LogP contribution < -0.4 is 9.64 Å². The molecule has 0 saturated carbocycles. The van der Waals surface area contributed by atoms with Crippen LogP contribution in [0.4, 0.5) is 5.69 Å². The fourth-order valence-corrected chi connectivity index (χ4v) is 4.06. The van der Waals surface area contributed by atoms with Crippen LogP contribution in [0, 0.1) is 12.3 Å². The number of esters is 1. The molecule has 29 heavy (non-hydrogen) atoms. The van der Waals surface area contributed by atoms with Crippen molar-refractivity contribution in [3.05, 3.63) is 23.3 Å². The van der Waals surface area contributed by atoms with Crippen molar-refractivity contribution in [2.75, 3.05) is 18.1 Å². The smallest absolute Gasteiger partial charge is 0.306 e. The van der Waals surface area contributed by atoms with Crippen molar-refractivity contribution in [2.45, 2.75) is 77.9 Å². The van der Waals surface area contributed by atoms with Gasteiger partial charge in [-0.1, -0.05) is 12.8 Å². The van der Waals surface area contributed by atoms with Gasteiger partial charge in [0.25, 0.3) is 0 Å². The molecule has 2 rings (SSSR count). The van der Waals surface area contributed by atoms with E-state index in [9.17, 15) is 9.59 Å². The first kappa shape index (κ1) is 22.8. The van der Waals surface area contributed by atoms with Crippen molar-refractivity contribution >= 4 is 17.9 Å². The van der Waals surface area contributed by atoms with Gasteiger partial charge in [-0.3, -0.25) is 9.59 Å². The molecule has 1 aliphatic heterocycles. The van der Waals surface area contributed by atoms with Gasteiger partial charge in [0.05, 0.1) is 5.56 Å². The van der Waals surface area contributed by atoms with Gasteiger partial charge in [0.2, 0.25) is 0 Å². The molecule has 1 aromatic rings. The largest absolute Gasteiger partial charge is 0.480 e. The SMILES string of the molecule is C#CCOc1cc2c(cc1C=O)C(C)CC(C)(C)N2CCCC(=O)OC(C)(C)C. The van der Waals surface area contributed by atoms with Crippen LogP contribution in [0.25, 0.3) is 0 Å². The maximum Gasteiger partial charge on any atom is 0.306 e. The number of ether oxygens (including phenoxy) is 2. The molecule has 0 spiro atoms. The first-order valence-corrected chi connectivity index (χ1v) is 10.2. The van der Waals surface area contributed by atoms with E-state index in [1.165, 1.54) is 0 Å². The summed E-state index contributed by atoms with van der Waals surface area (Å²) >= 11 is 0. The molecule has 1 heterocycles. The van der Waals surface area contributed by atoms with Crippen LogP contribution in [-0.2, 0) is 9.53 Å². The highest BCUT2D eigenvalue weighted by molar-refractivity contribution is 5.83. The number of hydrogen-bond acceptors (Lipinski definition) is 5. The highest BCUT2D eigenvalue weighted by Crippen LogP contribution is 2.45. The zero-order valence-corrected chi connectivity index (χ0v) is 18.5. The molecular formula is C24H33NO4. The Kier molecular flexibility index (Phi) is 7.00. The Hall–Kier alpha value is -2.48. The van der Waals surface area contributed by atoms with Crippen molar-refractivity contribution in [1.29, 1.82) is 0 Å². The molecule has 1 aliphatic rings. The molecule has 0 fully saturated rings. The molecule has 0 N–H and O–H groups in total. The molecule has 5 nitrogen and oxygen atoms in total. The molecular weight excluding hydrogens is 366 g/mol. The number of rotatable bonds is 7. The van der Waals surface area contributed by atoms with E-state index < -0.39 is 5.60 Å². The third-order valence-electron chi connectivity index (χ3n) is 5.14. The monoisotopic (exact) mass is 399 g/mol. The summed E-state index contributed by atoms with van der Waals surface area (Å²) in [4.78, 5) is 26.0. The van der Waals surface area contributed by atoms with Crippen LogP contribution in [-0.4, -0.2) is 36.5 Å². The van der Waals surface area contributed by atoms with Crippen LogP contribution in [0.2, 0.25) is 0 Å². The number of fused-ring (bicyclic) bond motifs is 1. The molecule has 1 atom stereocenters. The number of terminal acetylenes is 1. The number of aldehydes is 1. The van der Waals surface area contributed by atoms with Gasteiger partial charge in [-0.2, -0.15) is 0 Å². The van der Waals surface area contributed by atoms with Crippen molar-refractivity contribution < 1.29 is 19.1 Å². The summed E-state index contributed by atoms with van der Waals surface area (Å²) in [5, 5.41) is 0. The molecule has 1 unspecified atom stereocenters. The van der Waals surface area contributed by atoms with Crippen LogP contribution in [0.15, 0.2) is 12.1 Å². The topological polar surface area (TPSA) is 55.8 Å². The number of benzene rings is 1. The zero-order valence-electron chi connectivity index (χ0n) is 18.5. The predicted molar refractivity (Wildman–Crippen MR) is 116 cm³/mol. The van der Waals surface area contributed by atoms with Gasteiger partial charge in [-0.05, 0) is 65.0 Å². The van der Waals surface area contributed by atoms with Gasteiger partial charge >= 0.3 is 5.97 Å². The Bertz CT molecular complexity index is 798. The van der Waals surface area contributed by atoms with Gasteiger partial charge in [-0.25, -0.2) is 0 Å². The second kappa shape index (κ2) is 8.90. The van der Waals surface area contributed by atoms with Gasteiger partial charge < -0.3 is 14.4 Å². The lowest BCUT2D eigenvalue weighted by atomic mass is 9.79. The third kappa shape index (κ3) is 5.76. The quantitative estimate of drug-likeness (QED) is 0.377. The van der Waals surface area contributed by atoms with Crippen molar-refractivity contribution in [2.24, 2.45) is 0 Å². The van der Waals surface area contributed by atoms with Crippen molar-refractivity contribution in [1.82, 2.24) is 0 Å². The molecule has 5 heteroatoms. The second-order valence-corrected chi connectivity index (χ2v) is 9.32. The summed E-state index contributed by atoms with van der Waals surface area (Å²) < 4.78 is 11.0. The van der Waals surface area contributed by atoms with Gasteiger partial charge in [0.15, 0.2) is 6.29 Å². The summed E-state index contributed by atoms with van der Waals surface area (Å²) in [6.45, 7) is 13.0. The average Bonchev–Trinajstić information content (AvgIpc) is 2.60. The summed E-state index contributed by atoms with van der Waals surface area (Å²) in [6.07, 6.45) is 8.13. The van der Waals surface area contributed by atoms with Crippen molar-refractivity contribution in [3.63, 3.8) is 0 Å². The maximum absolute atomic E-state index is 12.1. The zero-order chi connectivity index (χ0) is 21.8. The number of nitrogens with zero attached hydrogens (tertiary/aromatic N) is 1. The van der Waals surface area contributed by atoms with Crippen LogP contribution in [0.1, 0.15) is 82.6 Å². The molecule has 1 aromatic carbocycles. The molecule has 0 bridgehead atoms. The van der Waals surface area contributed by atoms with Crippen LogP contribution in [0.5, 0.6) is 5.75 Å². The Balaban J connectivity index is 2.28. The van der Waals surface area contributed by atoms with E-state index >= 15 is 0 Å². The van der Waals surface area contributed by atoms with Crippen LogP contribution >= 0.6 is 0 Å². The first-order valence-electron chi connectivity index (χ1n) is 10.2. The van der Waals surface area contributed by atoms with Crippen LogP contribution in [0.3, 0.4) is 0 Å². The molecule has 158 valence electrons. The van der Waals surface area contributed by atoms with E-state index in [1.807, 2.05) is 32.9 Å². The normalized spacial score (nSPS) is 17.8. The number of hydrogen-bond donors (Lipinski definition) is 0. The van der Waals surface area contributed by atoms with Gasteiger partial charge in [0, 0.05) is 30.3 Å². The van der Waals surface area contributed by atoms with E-state index in [4.69, 9.17) is 15.9 Å². The average molecular weight is 400 g/mol. The second-order valence-electron chi connectivity index (χ2n) is 9.32. The lowest BCUT2D eigenvalue weighted by Crippen LogP contribution is -2.49. The fraction of sp³-hybridized carbons (Fsp3) is 0.583. The number of carbonyl (C=O) groups excluding carboxylic acids is 2. The molecule has 0 aromatic heterocycles. The third-order valence-corrected chi connectivity index (χ3v) is 5.14. The summed E-state index contributed by atoms with van der Waals surface area (Å²) in [6, 6.07) is 3.83. The minimum atomic E-state index is -0.474. The highest BCUT2D eigenvalue weighted by Gasteiger charge is 2.37. The fourth-order valence-electron chi connectivity index (χ4n) is 4.06. The van der Waals surface area contributed by atoms with E-state index in [0.717, 1.165) is 24.0 Å². The molecule has 0 saturated heterocycles. The Labute approximate surface area is 174 Å². The standard InChI is InChI=1S/C24H33NO4/c1-8-12-28-21-14-20-19(13-18(21)16-26)17(2)15-24(6,7)25(20)11-9-10-22(27)29-23(3,4)5/h1,13-14,16-17H,9-12,15H2,2-7H3. The first-order chi connectivity index (χ1) is 13.5. The van der Waals surface area contributed by atoms with E-state index in [1.54, 1.807) is 0 Å². The van der Waals surface area contributed by atoms with Crippen molar-refractivity contribution in [3.8, 4) is 18.1 Å². The molecule has 0 radical (unpaired) electrons. The van der Waals surface area contributed by atoms with E-state index in [0.29, 0.717) is 36.6 Å². The Morgan fingerprint density at radius 3 is 2.66 bits per heavy atom. The number of carbonyl (C=O) groups is 2. The Morgan fingerprint density at radius 1 is 1.38 bits per heavy atom. The maximum atomic E-state index is 12.1.